The van der Waals surface area contributed by atoms with Crippen molar-refractivity contribution < 1.29 is 9.59 Å². The number of Topliss-reactive ketones (excluding diaryl/α,β-unsaturated/α-hetero) is 1. The molecule has 128 valence electrons. The molecule has 0 saturated heterocycles. The molecule has 2 rings (SSSR count). The molecule has 0 fully saturated rings. The molecule has 1 heterocycles. The van der Waals surface area contributed by atoms with Gasteiger partial charge in [0.1, 0.15) is 8.44 Å². The molecule has 4 nitrogen and oxygen atoms in total. The van der Waals surface area contributed by atoms with Gasteiger partial charge in [-0.25, -0.2) is 0 Å². The minimum Gasteiger partial charge on any atom is -0.341 e. The van der Waals surface area contributed by atoms with Gasteiger partial charge in [0.25, 0.3) is 5.91 Å². The number of aromatic nitrogens is 1. The highest BCUT2D eigenvalue weighted by atomic mass is 32.3. The molecule has 0 aliphatic carbocycles. The molecule has 0 unspecified atom stereocenters. The van der Waals surface area contributed by atoms with E-state index >= 15 is 0 Å². The van der Waals surface area contributed by atoms with Crippen molar-refractivity contribution in [2.45, 2.75) is 22.1 Å². The van der Waals surface area contributed by atoms with E-state index in [9.17, 15) is 9.59 Å². The van der Waals surface area contributed by atoms with Gasteiger partial charge in [0.15, 0.2) is 5.78 Å². The Morgan fingerprint density at radius 1 is 1.25 bits per heavy atom. The van der Waals surface area contributed by atoms with Crippen LogP contribution < -0.4 is 5.32 Å². The summed E-state index contributed by atoms with van der Waals surface area (Å²) in [7, 11) is 0. The molecule has 24 heavy (non-hydrogen) atoms. The standard InChI is InChI=1S/C16H18N2O2S4/c1-10(19)13(7-9-24-16(21,22)23)18-15(20)14-12-5-3-2-4-11(12)6-8-17-14/h2-6,8,13,21-23H,7,9H2,1H3,(H,18,20)/t13-/m0/s1. The van der Waals surface area contributed by atoms with Crippen LogP contribution in [0.4, 0.5) is 0 Å². The van der Waals surface area contributed by atoms with E-state index in [1.165, 1.54) is 18.7 Å². The SMILES string of the molecule is CC(=O)[C@H](CCSC(S)(S)S)NC(=O)c1nccc2ccccc12. The molecule has 0 spiro atoms. The summed E-state index contributed by atoms with van der Waals surface area (Å²) in [6.07, 6.45) is 2.06. The van der Waals surface area contributed by atoms with Gasteiger partial charge in [-0.3, -0.25) is 14.6 Å². The monoisotopic (exact) mass is 398 g/mol. The zero-order chi connectivity index (χ0) is 17.7. The third-order valence-corrected chi connectivity index (χ3v) is 5.38. The van der Waals surface area contributed by atoms with Crippen molar-refractivity contribution in [1.82, 2.24) is 10.3 Å². The average Bonchev–Trinajstić information content (AvgIpc) is 2.52. The van der Waals surface area contributed by atoms with E-state index in [1.54, 1.807) is 6.20 Å². The number of benzene rings is 1. The minimum absolute atomic E-state index is 0.104. The van der Waals surface area contributed by atoms with Crippen molar-refractivity contribution in [3.63, 3.8) is 0 Å². The number of ketones is 1. The van der Waals surface area contributed by atoms with Crippen LogP contribution >= 0.6 is 49.6 Å². The summed E-state index contributed by atoms with van der Waals surface area (Å²) in [6, 6.07) is 8.77. The van der Waals surface area contributed by atoms with Crippen molar-refractivity contribution in [2.75, 3.05) is 5.75 Å². The highest BCUT2D eigenvalue weighted by Crippen LogP contribution is 2.37. The summed E-state index contributed by atoms with van der Waals surface area (Å²) in [4.78, 5) is 28.6. The number of carbonyl (C=O) groups is 2. The van der Waals surface area contributed by atoms with Gasteiger partial charge in [0.2, 0.25) is 0 Å². The van der Waals surface area contributed by atoms with Gasteiger partial charge < -0.3 is 5.32 Å². The van der Waals surface area contributed by atoms with Gasteiger partial charge in [-0.15, -0.1) is 49.6 Å². The summed E-state index contributed by atoms with van der Waals surface area (Å²) >= 11 is 13.9. The normalized spacial score (nSPS) is 12.8. The van der Waals surface area contributed by atoms with E-state index in [1.807, 2.05) is 30.3 Å². The van der Waals surface area contributed by atoms with E-state index in [0.29, 0.717) is 17.9 Å². The smallest absolute Gasteiger partial charge is 0.271 e. The number of nitrogens with one attached hydrogen (secondary N) is 1. The number of amides is 1. The molecule has 1 atom stereocenters. The van der Waals surface area contributed by atoms with Crippen LogP contribution in [0.1, 0.15) is 23.8 Å². The molecule has 0 aliphatic heterocycles. The minimum atomic E-state index is -0.775. The van der Waals surface area contributed by atoms with Crippen molar-refractivity contribution in [1.29, 1.82) is 0 Å². The second-order valence-electron chi connectivity index (χ2n) is 5.23. The lowest BCUT2D eigenvalue weighted by molar-refractivity contribution is -0.118. The molecule has 0 saturated carbocycles. The maximum atomic E-state index is 12.6. The molecule has 0 bridgehead atoms. The lowest BCUT2D eigenvalue weighted by Crippen LogP contribution is -2.40. The van der Waals surface area contributed by atoms with Crippen LogP contribution in [0.5, 0.6) is 0 Å². The van der Waals surface area contributed by atoms with Crippen LogP contribution in [-0.4, -0.2) is 31.2 Å². The number of hydrogen-bond acceptors (Lipinski definition) is 7. The van der Waals surface area contributed by atoms with Gasteiger partial charge in [-0.05, 0) is 30.6 Å². The van der Waals surface area contributed by atoms with Gasteiger partial charge in [-0.2, -0.15) is 0 Å². The molecule has 0 radical (unpaired) electrons. The first kappa shape index (κ1) is 19.5. The molecular formula is C16H18N2O2S4. The summed E-state index contributed by atoms with van der Waals surface area (Å²) in [5.74, 6) is 0.127. The Morgan fingerprint density at radius 3 is 2.62 bits per heavy atom. The summed E-state index contributed by atoms with van der Waals surface area (Å²) in [5, 5.41) is 4.46. The van der Waals surface area contributed by atoms with Crippen molar-refractivity contribution in [3.05, 3.63) is 42.2 Å². The van der Waals surface area contributed by atoms with E-state index in [4.69, 9.17) is 0 Å². The Bertz CT molecular complexity index is 741. The molecule has 8 heteroatoms. The molecule has 0 aliphatic rings. The Morgan fingerprint density at radius 2 is 1.96 bits per heavy atom. The number of thioether (sulfide) groups is 1. The largest absolute Gasteiger partial charge is 0.341 e. The fourth-order valence-corrected chi connectivity index (χ4v) is 3.67. The lowest BCUT2D eigenvalue weighted by atomic mass is 10.1. The molecule has 1 amide bonds. The predicted octanol–water partition coefficient (Wildman–Crippen LogP) is 3.45. The number of rotatable bonds is 7. The topological polar surface area (TPSA) is 59.1 Å². The van der Waals surface area contributed by atoms with E-state index in [0.717, 1.165) is 10.8 Å². The quantitative estimate of drug-likeness (QED) is 0.426. The van der Waals surface area contributed by atoms with Gasteiger partial charge in [0, 0.05) is 11.6 Å². The van der Waals surface area contributed by atoms with Crippen molar-refractivity contribution in [2.24, 2.45) is 0 Å². The van der Waals surface area contributed by atoms with Crippen LogP contribution in [0.15, 0.2) is 36.5 Å². The van der Waals surface area contributed by atoms with E-state index in [-0.39, 0.29) is 11.7 Å². The zero-order valence-electron chi connectivity index (χ0n) is 13.0. The number of fused-ring (bicyclic) bond motifs is 1. The Labute approximate surface area is 161 Å². The fraction of sp³-hybridized carbons (Fsp3) is 0.312. The van der Waals surface area contributed by atoms with Crippen molar-refractivity contribution >= 4 is 72.1 Å². The highest BCUT2D eigenvalue weighted by Gasteiger charge is 2.22. The van der Waals surface area contributed by atoms with Gasteiger partial charge in [0.05, 0.1) is 6.04 Å². The zero-order valence-corrected chi connectivity index (χ0v) is 16.5. The first-order valence-corrected chi connectivity index (χ1v) is 9.57. The van der Waals surface area contributed by atoms with Crippen LogP contribution in [-0.2, 0) is 4.79 Å². The van der Waals surface area contributed by atoms with Crippen LogP contribution in [0, 0.1) is 0 Å². The summed E-state index contributed by atoms with van der Waals surface area (Å²) < 4.78 is -0.775. The van der Waals surface area contributed by atoms with Crippen molar-refractivity contribution in [3.8, 4) is 0 Å². The number of hydrogen-bond donors (Lipinski definition) is 4. The maximum Gasteiger partial charge on any atom is 0.271 e. The number of thiol groups is 3. The third kappa shape index (κ3) is 5.61. The van der Waals surface area contributed by atoms with E-state index < -0.39 is 8.78 Å². The second kappa shape index (κ2) is 8.51. The highest BCUT2D eigenvalue weighted by molar-refractivity contribution is 8.36. The second-order valence-corrected chi connectivity index (χ2v) is 10.5. The molecule has 1 aromatic carbocycles. The summed E-state index contributed by atoms with van der Waals surface area (Å²) in [5.41, 5.74) is 0.318. The number of pyridine rings is 1. The van der Waals surface area contributed by atoms with Gasteiger partial charge in [-0.1, -0.05) is 24.3 Å². The molecular weight excluding hydrogens is 380 g/mol. The Kier molecular flexibility index (Phi) is 6.91. The molecule has 1 aromatic heterocycles. The third-order valence-electron chi connectivity index (χ3n) is 3.39. The van der Waals surface area contributed by atoms with Gasteiger partial charge >= 0.3 is 0 Å². The van der Waals surface area contributed by atoms with Crippen LogP contribution in [0.2, 0.25) is 0 Å². The number of nitrogens with zero attached hydrogens (tertiary/aromatic N) is 1. The van der Waals surface area contributed by atoms with E-state index in [2.05, 4.69) is 48.2 Å². The fourth-order valence-electron chi connectivity index (χ4n) is 2.22. The first-order valence-electron chi connectivity index (χ1n) is 7.24. The summed E-state index contributed by atoms with van der Waals surface area (Å²) in [6.45, 7) is 1.46. The Balaban J connectivity index is 2.11. The number of carbonyl (C=O) groups excluding carboxylic acids is 2. The Hall–Kier alpha value is -0.830. The lowest BCUT2D eigenvalue weighted by Gasteiger charge is -2.19. The molecule has 2 aromatic rings. The van der Waals surface area contributed by atoms with Crippen LogP contribution in [0.3, 0.4) is 0 Å². The maximum absolute atomic E-state index is 12.6. The first-order chi connectivity index (χ1) is 11.3. The van der Waals surface area contributed by atoms with Crippen LogP contribution in [0.25, 0.3) is 10.8 Å². The average molecular weight is 399 g/mol. The molecule has 1 N–H and O–H groups in total. The predicted molar refractivity (Wildman–Crippen MR) is 110 cm³/mol.